The molecule has 0 aromatic carbocycles. The maximum absolute atomic E-state index is 9.34. The molecule has 0 amide bonds. The number of rotatable bonds is 5. The van der Waals surface area contributed by atoms with Crippen molar-refractivity contribution in [3.63, 3.8) is 0 Å². The lowest BCUT2D eigenvalue weighted by atomic mass is 9.88. The number of nitrogens with one attached hydrogen (secondary N) is 1. The summed E-state index contributed by atoms with van der Waals surface area (Å²) in [5.41, 5.74) is 0.212. The lowest BCUT2D eigenvalue weighted by Gasteiger charge is -2.27. The molecule has 1 aromatic rings. The van der Waals surface area contributed by atoms with Gasteiger partial charge in [-0.1, -0.05) is 20.8 Å². The Morgan fingerprint density at radius 1 is 1.44 bits per heavy atom. The standard InChI is InChI=1S/C13H23NO2/c1-10(12-6-5-7-16-12)14-11(9-15)8-13(2,3)4/h5-7,10-11,14-15H,8-9H2,1-4H3/t10-,11+/m1/s1. The average Bonchev–Trinajstić information content (AvgIpc) is 2.67. The highest BCUT2D eigenvalue weighted by atomic mass is 16.3. The van der Waals surface area contributed by atoms with Crippen LogP contribution < -0.4 is 5.32 Å². The minimum atomic E-state index is 0.111. The first-order chi connectivity index (χ1) is 7.42. The topological polar surface area (TPSA) is 45.4 Å². The molecule has 92 valence electrons. The highest BCUT2D eigenvalue weighted by Crippen LogP contribution is 2.22. The summed E-state index contributed by atoms with van der Waals surface area (Å²) >= 11 is 0. The smallest absolute Gasteiger partial charge is 0.120 e. The molecule has 0 aliphatic carbocycles. The molecule has 0 saturated carbocycles. The van der Waals surface area contributed by atoms with E-state index in [0.717, 1.165) is 12.2 Å². The SMILES string of the molecule is C[C@@H](N[C@H](CO)CC(C)(C)C)c1ccco1. The molecule has 1 rings (SSSR count). The van der Waals surface area contributed by atoms with Gasteiger partial charge in [-0.15, -0.1) is 0 Å². The third-order valence-electron chi connectivity index (χ3n) is 2.53. The molecule has 0 aliphatic heterocycles. The van der Waals surface area contributed by atoms with E-state index in [1.807, 2.05) is 19.1 Å². The Hall–Kier alpha value is -0.800. The molecule has 0 bridgehead atoms. The molecular weight excluding hydrogens is 202 g/mol. The van der Waals surface area contributed by atoms with Gasteiger partial charge in [-0.3, -0.25) is 0 Å². The molecule has 1 aromatic heterocycles. The normalized spacial score (nSPS) is 16.1. The van der Waals surface area contributed by atoms with Crippen molar-refractivity contribution in [3.05, 3.63) is 24.2 Å². The van der Waals surface area contributed by atoms with Crippen LogP contribution in [0.25, 0.3) is 0 Å². The van der Waals surface area contributed by atoms with Crippen LogP contribution in [0, 0.1) is 5.41 Å². The molecule has 0 radical (unpaired) electrons. The number of aliphatic hydroxyl groups excluding tert-OH is 1. The largest absolute Gasteiger partial charge is 0.468 e. The van der Waals surface area contributed by atoms with E-state index in [-0.39, 0.29) is 24.1 Å². The van der Waals surface area contributed by atoms with E-state index in [0.29, 0.717) is 0 Å². The zero-order valence-electron chi connectivity index (χ0n) is 10.7. The van der Waals surface area contributed by atoms with Crippen LogP contribution in [-0.4, -0.2) is 17.8 Å². The Morgan fingerprint density at radius 2 is 2.12 bits per heavy atom. The van der Waals surface area contributed by atoms with Gasteiger partial charge in [-0.25, -0.2) is 0 Å². The first kappa shape index (κ1) is 13.3. The van der Waals surface area contributed by atoms with Crippen LogP contribution in [0.2, 0.25) is 0 Å². The van der Waals surface area contributed by atoms with Gasteiger partial charge in [0.05, 0.1) is 18.9 Å². The van der Waals surface area contributed by atoms with E-state index in [1.165, 1.54) is 0 Å². The molecule has 3 heteroatoms. The van der Waals surface area contributed by atoms with Gasteiger partial charge in [0.15, 0.2) is 0 Å². The van der Waals surface area contributed by atoms with Gasteiger partial charge in [0.1, 0.15) is 5.76 Å². The molecule has 1 heterocycles. The summed E-state index contributed by atoms with van der Waals surface area (Å²) < 4.78 is 5.33. The molecule has 2 atom stereocenters. The molecule has 0 spiro atoms. The summed E-state index contributed by atoms with van der Waals surface area (Å²) in [5, 5.41) is 12.7. The van der Waals surface area contributed by atoms with Crippen molar-refractivity contribution in [2.75, 3.05) is 6.61 Å². The molecule has 0 aliphatic rings. The van der Waals surface area contributed by atoms with Crippen LogP contribution >= 0.6 is 0 Å². The minimum absolute atomic E-state index is 0.111. The molecule has 2 N–H and O–H groups in total. The number of furan rings is 1. The summed E-state index contributed by atoms with van der Waals surface area (Å²) in [5.74, 6) is 0.910. The van der Waals surface area contributed by atoms with E-state index < -0.39 is 0 Å². The van der Waals surface area contributed by atoms with Crippen molar-refractivity contribution in [2.45, 2.75) is 46.2 Å². The Labute approximate surface area is 97.9 Å². The average molecular weight is 225 g/mol. The number of hydrogen-bond donors (Lipinski definition) is 2. The fourth-order valence-corrected chi connectivity index (χ4v) is 1.89. The molecule has 0 unspecified atom stereocenters. The third kappa shape index (κ3) is 4.37. The van der Waals surface area contributed by atoms with Gasteiger partial charge in [-0.2, -0.15) is 0 Å². The first-order valence-corrected chi connectivity index (χ1v) is 5.82. The van der Waals surface area contributed by atoms with Gasteiger partial charge in [0.2, 0.25) is 0 Å². The van der Waals surface area contributed by atoms with Gasteiger partial charge in [-0.05, 0) is 30.9 Å². The second-order valence-electron chi connectivity index (χ2n) is 5.55. The first-order valence-electron chi connectivity index (χ1n) is 5.82. The van der Waals surface area contributed by atoms with Gasteiger partial charge < -0.3 is 14.8 Å². The lowest BCUT2D eigenvalue weighted by molar-refractivity contribution is 0.186. The fraction of sp³-hybridized carbons (Fsp3) is 0.692. The highest BCUT2D eigenvalue weighted by Gasteiger charge is 2.20. The summed E-state index contributed by atoms with van der Waals surface area (Å²) in [7, 11) is 0. The quantitative estimate of drug-likeness (QED) is 0.810. The van der Waals surface area contributed by atoms with Crippen molar-refractivity contribution in [1.29, 1.82) is 0 Å². The maximum atomic E-state index is 9.34. The second kappa shape index (κ2) is 5.51. The van der Waals surface area contributed by atoms with E-state index >= 15 is 0 Å². The van der Waals surface area contributed by atoms with Gasteiger partial charge in [0.25, 0.3) is 0 Å². The maximum Gasteiger partial charge on any atom is 0.120 e. The molecule has 0 fully saturated rings. The highest BCUT2D eigenvalue weighted by molar-refractivity contribution is 5.03. The minimum Gasteiger partial charge on any atom is -0.468 e. The van der Waals surface area contributed by atoms with E-state index in [4.69, 9.17) is 4.42 Å². The molecule has 0 saturated heterocycles. The van der Waals surface area contributed by atoms with Crippen molar-refractivity contribution in [2.24, 2.45) is 5.41 Å². The Morgan fingerprint density at radius 3 is 2.56 bits per heavy atom. The summed E-state index contributed by atoms with van der Waals surface area (Å²) in [4.78, 5) is 0. The van der Waals surface area contributed by atoms with E-state index in [2.05, 4.69) is 26.1 Å². The summed E-state index contributed by atoms with van der Waals surface area (Å²) in [6.45, 7) is 8.73. The lowest BCUT2D eigenvalue weighted by Crippen LogP contribution is -2.37. The Balaban J connectivity index is 2.50. The summed E-state index contributed by atoms with van der Waals surface area (Å²) in [6, 6.07) is 4.07. The van der Waals surface area contributed by atoms with Crippen LogP contribution in [0.5, 0.6) is 0 Å². The predicted octanol–water partition coefficient (Wildman–Crippen LogP) is 2.73. The van der Waals surface area contributed by atoms with Gasteiger partial charge in [0, 0.05) is 6.04 Å². The predicted molar refractivity (Wildman–Crippen MR) is 65.2 cm³/mol. The van der Waals surface area contributed by atoms with Crippen molar-refractivity contribution in [3.8, 4) is 0 Å². The Bertz CT molecular complexity index is 287. The van der Waals surface area contributed by atoms with Gasteiger partial charge >= 0.3 is 0 Å². The second-order valence-corrected chi connectivity index (χ2v) is 5.55. The molecule has 16 heavy (non-hydrogen) atoms. The van der Waals surface area contributed by atoms with E-state index in [9.17, 15) is 5.11 Å². The third-order valence-corrected chi connectivity index (χ3v) is 2.53. The van der Waals surface area contributed by atoms with Crippen LogP contribution in [0.3, 0.4) is 0 Å². The van der Waals surface area contributed by atoms with Crippen LogP contribution in [-0.2, 0) is 0 Å². The molecular formula is C13H23NO2. The Kier molecular flexibility index (Phi) is 4.56. The fourth-order valence-electron chi connectivity index (χ4n) is 1.89. The zero-order chi connectivity index (χ0) is 12.2. The monoisotopic (exact) mass is 225 g/mol. The number of hydrogen-bond acceptors (Lipinski definition) is 3. The summed E-state index contributed by atoms with van der Waals surface area (Å²) in [6.07, 6.45) is 2.61. The van der Waals surface area contributed by atoms with E-state index in [1.54, 1.807) is 6.26 Å². The zero-order valence-corrected chi connectivity index (χ0v) is 10.7. The van der Waals surface area contributed by atoms with Crippen molar-refractivity contribution < 1.29 is 9.52 Å². The van der Waals surface area contributed by atoms with Crippen LogP contribution in [0.4, 0.5) is 0 Å². The molecule has 3 nitrogen and oxygen atoms in total. The van der Waals surface area contributed by atoms with Crippen molar-refractivity contribution in [1.82, 2.24) is 5.32 Å². The number of aliphatic hydroxyl groups is 1. The van der Waals surface area contributed by atoms with Crippen LogP contribution in [0.1, 0.15) is 45.9 Å². The van der Waals surface area contributed by atoms with Crippen molar-refractivity contribution >= 4 is 0 Å². The van der Waals surface area contributed by atoms with Crippen LogP contribution in [0.15, 0.2) is 22.8 Å².